The molecule has 18 heavy (non-hydrogen) atoms. The Bertz CT molecular complexity index is 526. The number of halogens is 1. The highest BCUT2D eigenvalue weighted by Gasteiger charge is 2.39. The third-order valence-corrected chi connectivity index (χ3v) is 3.40. The van der Waals surface area contributed by atoms with Crippen molar-refractivity contribution in [3.63, 3.8) is 0 Å². The van der Waals surface area contributed by atoms with E-state index < -0.39 is 0 Å². The summed E-state index contributed by atoms with van der Waals surface area (Å²) < 4.78 is 0. The number of nitrogens with two attached hydrogens (primary N) is 1. The smallest absolute Gasteiger partial charge is 0.263 e. The molecule has 1 heterocycles. The van der Waals surface area contributed by atoms with Crippen LogP contribution in [0.15, 0.2) is 18.2 Å². The average molecular weight is 267 g/mol. The molecule has 1 aromatic rings. The Morgan fingerprint density at radius 2 is 1.94 bits per heavy atom. The van der Waals surface area contributed by atoms with Gasteiger partial charge in [0.2, 0.25) is 0 Å². The second kappa shape index (κ2) is 4.37. The van der Waals surface area contributed by atoms with Crippen LogP contribution in [-0.2, 0) is 0 Å². The minimum absolute atomic E-state index is 0.293. The molecule has 0 saturated carbocycles. The van der Waals surface area contributed by atoms with Crippen molar-refractivity contribution in [2.24, 2.45) is 11.1 Å². The molecule has 2 rings (SSSR count). The first-order valence-electron chi connectivity index (χ1n) is 5.72. The van der Waals surface area contributed by atoms with Crippen molar-refractivity contribution in [3.05, 3.63) is 34.3 Å². The van der Waals surface area contributed by atoms with Crippen molar-refractivity contribution >= 4 is 23.4 Å². The molecule has 2 N–H and O–H groups in total. The van der Waals surface area contributed by atoms with E-state index in [1.165, 1.54) is 4.90 Å². The zero-order valence-corrected chi connectivity index (χ0v) is 11.1. The van der Waals surface area contributed by atoms with Crippen LogP contribution < -0.4 is 5.73 Å². The van der Waals surface area contributed by atoms with Crippen LogP contribution in [0.3, 0.4) is 0 Å². The van der Waals surface area contributed by atoms with Gasteiger partial charge in [0.1, 0.15) is 0 Å². The number of amides is 2. The van der Waals surface area contributed by atoms with Crippen LogP contribution in [0.4, 0.5) is 0 Å². The van der Waals surface area contributed by atoms with E-state index in [-0.39, 0.29) is 17.2 Å². The molecule has 5 heteroatoms. The average Bonchev–Trinajstić information content (AvgIpc) is 2.55. The fourth-order valence-electron chi connectivity index (χ4n) is 1.93. The van der Waals surface area contributed by atoms with Gasteiger partial charge in [0.05, 0.1) is 16.1 Å². The largest absolute Gasteiger partial charge is 0.330 e. The van der Waals surface area contributed by atoms with E-state index in [2.05, 4.69) is 0 Å². The van der Waals surface area contributed by atoms with E-state index in [9.17, 15) is 9.59 Å². The number of rotatable bonds is 3. The first-order chi connectivity index (χ1) is 8.37. The molecule has 0 aromatic heterocycles. The molecule has 0 aliphatic carbocycles. The summed E-state index contributed by atoms with van der Waals surface area (Å²) in [6.07, 6.45) is 0. The van der Waals surface area contributed by atoms with E-state index in [0.717, 1.165) is 0 Å². The SMILES string of the molecule is CC(C)(CN)CN1C(=O)c2cccc(Cl)c2C1=O. The van der Waals surface area contributed by atoms with Gasteiger partial charge in [0.15, 0.2) is 0 Å². The molecular weight excluding hydrogens is 252 g/mol. The highest BCUT2D eigenvalue weighted by Crippen LogP contribution is 2.31. The van der Waals surface area contributed by atoms with Crippen molar-refractivity contribution in [1.29, 1.82) is 0 Å². The Labute approximate surface area is 111 Å². The van der Waals surface area contributed by atoms with Gasteiger partial charge in [-0.1, -0.05) is 31.5 Å². The fraction of sp³-hybridized carbons (Fsp3) is 0.385. The van der Waals surface area contributed by atoms with Crippen molar-refractivity contribution in [3.8, 4) is 0 Å². The predicted molar refractivity (Wildman–Crippen MR) is 69.7 cm³/mol. The number of hydrogen-bond donors (Lipinski definition) is 1. The third kappa shape index (κ3) is 2.02. The molecule has 0 saturated heterocycles. The highest BCUT2D eigenvalue weighted by atomic mass is 35.5. The van der Waals surface area contributed by atoms with Crippen molar-refractivity contribution in [2.45, 2.75) is 13.8 Å². The van der Waals surface area contributed by atoms with E-state index in [4.69, 9.17) is 17.3 Å². The van der Waals surface area contributed by atoms with Crippen molar-refractivity contribution in [1.82, 2.24) is 4.90 Å². The van der Waals surface area contributed by atoms with Gasteiger partial charge in [-0.05, 0) is 24.1 Å². The van der Waals surface area contributed by atoms with Crippen LogP contribution in [0.1, 0.15) is 34.6 Å². The van der Waals surface area contributed by atoms with Crippen LogP contribution in [0.2, 0.25) is 5.02 Å². The van der Waals surface area contributed by atoms with Crippen molar-refractivity contribution < 1.29 is 9.59 Å². The number of nitrogens with zero attached hydrogens (tertiary/aromatic N) is 1. The minimum Gasteiger partial charge on any atom is -0.330 e. The molecule has 0 atom stereocenters. The third-order valence-electron chi connectivity index (χ3n) is 3.09. The maximum atomic E-state index is 12.2. The van der Waals surface area contributed by atoms with Crippen LogP contribution >= 0.6 is 11.6 Å². The Balaban J connectivity index is 2.38. The second-order valence-corrected chi connectivity index (χ2v) is 5.63. The minimum atomic E-state index is -0.331. The summed E-state index contributed by atoms with van der Waals surface area (Å²) in [5, 5.41) is 0.318. The van der Waals surface area contributed by atoms with Gasteiger partial charge in [0.25, 0.3) is 11.8 Å². The lowest BCUT2D eigenvalue weighted by Crippen LogP contribution is -2.41. The quantitative estimate of drug-likeness (QED) is 0.850. The molecule has 4 nitrogen and oxygen atoms in total. The maximum absolute atomic E-state index is 12.2. The lowest BCUT2D eigenvalue weighted by Gasteiger charge is -2.27. The van der Waals surface area contributed by atoms with Crippen LogP contribution in [0.5, 0.6) is 0 Å². The number of fused-ring (bicyclic) bond motifs is 1. The molecule has 96 valence electrons. The summed E-state index contributed by atoms with van der Waals surface area (Å²) >= 11 is 5.98. The molecule has 0 unspecified atom stereocenters. The first-order valence-corrected chi connectivity index (χ1v) is 6.10. The standard InChI is InChI=1S/C13H15ClN2O2/c1-13(2,6-15)7-16-11(17)8-4-3-5-9(14)10(8)12(16)18/h3-5H,6-7,15H2,1-2H3. The van der Waals surface area contributed by atoms with Gasteiger partial charge in [-0.2, -0.15) is 0 Å². The lowest BCUT2D eigenvalue weighted by atomic mass is 9.93. The number of benzene rings is 1. The van der Waals surface area contributed by atoms with Crippen LogP contribution in [0, 0.1) is 5.41 Å². The van der Waals surface area contributed by atoms with E-state index in [0.29, 0.717) is 29.2 Å². The Kier molecular flexibility index (Phi) is 3.17. The highest BCUT2D eigenvalue weighted by molar-refractivity contribution is 6.37. The van der Waals surface area contributed by atoms with Crippen molar-refractivity contribution in [2.75, 3.05) is 13.1 Å². The van der Waals surface area contributed by atoms with Gasteiger partial charge in [-0.25, -0.2) is 0 Å². The Morgan fingerprint density at radius 1 is 1.28 bits per heavy atom. The summed E-state index contributed by atoms with van der Waals surface area (Å²) in [5.74, 6) is -0.624. The normalized spacial score (nSPS) is 15.2. The molecule has 0 fully saturated rings. The molecule has 1 aromatic carbocycles. The van der Waals surface area contributed by atoms with Crippen LogP contribution in [0.25, 0.3) is 0 Å². The summed E-state index contributed by atoms with van der Waals surface area (Å²) in [6, 6.07) is 4.91. The lowest BCUT2D eigenvalue weighted by molar-refractivity contribution is 0.0595. The molecule has 0 radical (unpaired) electrons. The monoisotopic (exact) mass is 266 g/mol. The molecule has 0 spiro atoms. The molecular formula is C13H15ClN2O2. The first kappa shape index (κ1) is 13.1. The summed E-state index contributed by atoms with van der Waals surface area (Å²) in [5.41, 5.74) is 6.01. The summed E-state index contributed by atoms with van der Waals surface area (Å²) in [6.45, 7) is 4.52. The molecule has 2 amide bonds. The Morgan fingerprint density at radius 3 is 2.50 bits per heavy atom. The summed E-state index contributed by atoms with van der Waals surface area (Å²) in [4.78, 5) is 25.6. The van der Waals surface area contributed by atoms with Gasteiger partial charge < -0.3 is 5.73 Å². The maximum Gasteiger partial charge on any atom is 0.263 e. The zero-order chi connectivity index (χ0) is 13.5. The number of imide groups is 1. The fourth-order valence-corrected chi connectivity index (χ4v) is 2.18. The number of carbonyl (C=O) groups excluding carboxylic acids is 2. The summed E-state index contributed by atoms with van der Waals surface area (Å²) in [7, 11) is 0. The molecule has 0 bridgehead atoms. The number of hydrogen-bond acceptors (Lipinski definition) is 3. The number of carbonyl (C=O) groups is 2. The second-order valence-electron chi connectivity index (χ2n) is 5.23. The predicted octanol–water partition coefficient (Wildman–Crippen LogP) is 1.92. The van der Waals surface area contributed by atoms with Gasteiger partial charge in [0, 0.05) is 6.54 Å². The van der Waals surface area contributed by atoms with E-state index in [1.807, 2.05) is 13.8 Å². The van der Waals surface area contributed by atoms with Gasteiger partial charge >= 0.3 is 0 Å². The zero-order valence-electron chi connectivity index (χ0n) is 10.4. The van der Waals surface area contributed by atoms with E-state index >= 15 is 0 Å². The van der Waals surface area contributed by atoms with Gasteiger partial charge in [-0.3, -0.25) is 14.5 Å². The Hall–Kier alpha value is -1.39. The van der Waals surface area contributed by atoms with E-state index in [1.54, 1.807) is 18.2 Å². The topological polar surface area (TPSA) is 63.4 Å². The molecule has 1 aliphatic rings. The van der Waals surface area contributed by atoms with Gasteiger partial charge in [-0.15, -0.1) is 0 Å². The molecule has 1 aliphatic heterocycles. The van der Waals surface area contributed by atoms with Crippen LogP contribution in [-0.4, -0.2) is 29.8 Å².